The van der Waals surface area contributed by atoms with Gasteiger partial charge in [-0.25, -0.2) is 0 Å². The van der Waals surface area contributed by atoms with Crippen molar-refractivity contribution in [3.05, 3.63) is 24.0 Å². The molecule has 13 heavy (non-hydrogen) atoms. The Hall–Kier alpha value is -0.570. The van der Waals surface area contributed by atoms with Gasteiger partial charge in [-0.05, 0) is 12.0 Å². The van der Waals surface area contributed by atoms with Crippen LogP contribution in [0.15, 0.2) is 18.5 Å². The van der Waals surface area contributed by atoms with Crippen molar-refractivity contribution in [3.63, 3.8) is 0 Å². The molecule has 1 rings (SSSR count). The SMILES string of the molecule is COc1ccncc1C(C)C(C)Br. The summed E-state index contributed by atoms with van der Waals surface area (Å²) in [7, 11) is 1.68. The van der Waals surface area contributed by atoms with E-state index in [0.717, 1.165) is 11.3 Å². The first-order valence-electron chi connectivity index (χ1n) is 4.28. The van der Waals surface area contributed by atoms with Crippen molar-refractivity contribution in [2.75, 3.05) is 7.11 Å². The lowest BCUT2D eigenvalue weighted by atomic mass is 10.00. The predicted octanol–water partition coefficient (Wildman–Crippen LogP) is 2.98. The number of aromatic nitrogens is 1. The molecule has 3 heteroatoms. The van der Waals surface area contributed by atoms with E-state index >= 15 is 0 Å². The lowest BCUT2D eigenvalue weighted by Gasteiger charge is -2.16. The third kappa shape index (κ3) is 2.44. The molecule has 1 aromatic rings. The van der Waals surface area contributed by atoms with Crippen LogP contribution in [0.5, 0.6) is 5.75 Å². The molecule has 0 aliphatic heterocycles. The fourth-order valence-corrected chi connectivity index (χ4v) is 1.45. The Bertz CT molecular complexity index is 275. The van der Waals surface area contributed by atoms with Crippen molar-refractivity contribution in [1.29, 1.82) is 0 Å². The smallest absolute Gasteiger partial charge is 0.125 e. The summed E-state index contributed by atoms with van der Waals surface area (Å²) in [5.41, 5.74) is 1.15. The van der Waals surface area contributed by atoms with Gasteiger partial charge >= 0.3 is 0 Å². The number of ether oxygens (including phenoxy) is 1. The Labute approximate surface area is 87.5 Å². The summed E-state index contributed by atoms with van der Waals surface area (Å²) < 4.78 is 5.26. The number of halogens is 1. The Morgan fingerprint density at radius 2 is 2.15 bits per heavy atom. The Morgan fingerprint density at radius 1 is 1.46 bits per heavy atom. The van der Waals surface area contributed by atoms with Gasteiger partial charge < -0.3 is 4.74 Å². The van der Waals surface area contributed by atoms with Crippen molar-refractivity contribution >= 4 is 15.9 Å². The molecule has 2 atom stereocenters. The van der Waals surface area contributed by atoms with Crippen LogP contribution in [0.1, 0.15) is 25.3 Å². The molecule has 0 spiro atoms. The second-order valence-corrected chi connectivity index (χ2v) is 4.53. The molecular weight excluding hydrogens is 230 g/mol. The zero-order valence-electron chi connectivity index (χ0n) is 8.12. The molecule has 2 unspecified atom stereocenters. The maximum atomic E-state index is 5.26. The highest BCUT2D eigenvalue weighted by Gasteiger charge is 2.15. The summed E-state index contributed by atoms with van der Waals surface area (Å²) in [6.45, 7) is 4.27. The van der Waals surface area contributed by atoms with Crippen LogP contribution in [0, 0.1) is 0 Å². The third-order valence-corrected chi connectivity index (χ3v) is 3.00. The van der Waals surface area contributed by atoms with E-state index in [1.54, 1.807) is 13.3 Å². The number of hydrogen-bond donors (Lipinski definition) is 0. The molecule has 0 radical (unpaired) electrons. The minimum Gasteiger partial charge on any atom is -0.496 e. The lowest BCUT2D eigenvalue weighted by Crippen LogP contribution is -2.06. The first-order valence-corrected chi connectivity index (χ1v) is 5.20. The topological polar surface area (TPSA) is 22.1 Å². The summed E-state index contributed by atoms with van der Waals surface area (Å²) in [4.78, 5) is 4.52. The number of rotatable bonds is 3. The molecule has 0 bridgehead atoms. The van der Waals surface area contributed by atoms with E-state index in [1.807, 2.05) is 12.3 Å². The molecule has 0 aromatic carbocycles. The van der Waals surface area contributed by atoms with Crippen molar-refractivity contribution < 1.29 is 4.74 Å². The van der Waals surface area contributed by atoms with Crippen LogP contribution in [0.4, 0.5) is 0 Å². The highest BCUT2D eigenvalue weighted by molar-refractivity contribution is 9.09. The van der Waals surface area contributed by atoms with E-state index in [4.69, 9.17) is 4.74 Å². The number of alkyl halides is 1. The van der Waals surface area contributed by atoms with Gasteiger partial charge in [-0.15, -0.1) is 0 Å². The van der Waals surface area contributed by atoms with E-state index in [0.29, 0.717) is 10.7 Å². The average molecular weight is 244 g/mol. The molecule has 0 aliphatic rings. The number of pyridine rings is 1. The van der Waals surface area contributed by atoms with Gasteiger partial charge in [0.15, 0.2) is 0 Å². The molecule has 2 nitrogen and oxygen atoms in total. The van der Waals surface area contributed by atoms with Crippen LogP contribution in [-0.4, -0.2) is 16.9 Å². The van der Waals surface area contributed by atoms with E-state index in [1.165, 1.54) is 0 Å². The maximum absolute atomic E-state index is 5.26. The van der Waals surface area contributed by atoms with E-state index in [9.17, 15) is 0 Å². The third-order valence-electron chi connectivity index (χ3n) is 2.21. The summed E-state index contributed by atoms with van der Waals surface area (Å²) in [5, 5.41) is 0. The largest absolute Gasteiger partial charge is 0.496 e. The molecular formula is C10H14BrNO. The molecule has 0 fully saturated rings. The molecule has 0 amide bonds. The molecule has 0 aliphatic carbocycles. The minimum absolute atomic E-state index is 0.406. The Kier molecular flexibility index (Phi) is 3.72. The van der Waals surface area contributed by atoms with Gasteiger partial charge in [-0.2, -0.15) is 0 Å². The van der Waals surface area contributed by atoms with E-state index < -0.39 is 0 Å². The fourth-order valence-electron chi connectivity index (χ4n) is 1.17. The van der Waals surface area contributed by atoms with Gasteiger partial charge in [-0.1, -0.05) is 29.8 Å². The lowest BCUT2D eigenvalue weighted by molar-refractivity contribution is 0.405. The first-order chi connectivity index (χ1) is 6.16. The van der Waals surface area contributed by atoms with E-state index in [-0.39, 0.29) is 0 Å². The van der Waals surface area contributed by atoms with Crippen LogP contribution >= 0.6 is 15.9 Å². The predicted molar refractivity (Wildman–Crippen MR) is 57.6 cm³/mol. The maximum Gasteiger partial charge on any atom is 0.125 e. The normalized spacial score (nSPS) is 15.1. The van der Waals surface area contributed by atoms with Crippen LogP contribution in [-0.2, 0) is 0 Å². The second kappa shape index (κ2) is 4.61. The minimum atomic E-state index is 0.406. The van der Waals surface area contributed by atoms with Gasteiger partial charge in [-0.3, -0.25) is 4.98 Å². The molecule has 0 saturated carbocycles. The molecule has 72 valence electrons. The van der Waals surface area contributed by atoms with E-state index in [2.05, 4.69) is 34.8 Å². The quantitative estimate of drug-likeness (QED) is 0.762. The number of nitrogens with zero attached hydrogens (tertiary/aromatic N) is 1. The highest BCUT2D eigenvalue weighted by Crippen LogP contribution is 2.30. The second-order valence-electron chi connectivity index (χ2n) is 3.08. The van der Waals surface area contributed by atoms with Gasteiger partial charge in [0.25, 0.3) is 0 Å². The number of methoxy groups -OCH3 is 1. The van der Waals surface area contributed by atoms with Crippen molar-refractivity contribution in [2.45, 2.75) is 24.6 Å². The summed E-state index contributed by atoms with van der Waals surface area (Å²) in [6.07, 6.45) is 3.61. The van der Waals surface area contributed by atoms with Crippen LogP contribution < -0.4 is 4.74 Å². The summed E-state index contributed by atoms with van der Waals surface area (Å²) in [6, 6.07) is 1.89. The van der Waals surface area contributed by atoms with Crippen LogP contribution in [0.2, 0.25) is 0 Å². The zero-order valence-corrected chi connectivity index (χ0v) is 9.71. The van der Waals surface area contributed by atoms with Crippen molar-refractivity contribution in [1.82, 2.24) is 4.98 Å². The zero-order chi connectivity index (χ0) is 9.84. The van der Waals surface area contributed by atoms with Gasteiger partial charge in [0, 0.05) is 22.8 Å². The molecule has 0 N–H and O–H groups in total. The van der Waals surface area contributed by atoms with Gasteiger partial charge in [0.2, 0.25) is 0 Å². The number of hydrogen-bond acceptors (Lipinski definition) is 2. The summed E-state index contributed by atoms with van der Waals surface area (Å²) >= 11 is 3.56. The van der Waals surface area contributed by atoms with Crippen molar-refractivity contribution in [3.8, 4) is 5.75 Å². The molecule has 1 heterocycles. The monoisotopic (exact) mass is 243 g/mol. The van der Waals surface area contributed by atoms with Crippen LogP contribution in [0.3, 0.4) is 0 Å². The van der Waals surface area contributed by atoms with Gasteiger partial charge in [0.1, 0.15) is 5.75 Å². The Balaban J connectivity index is 2.98. The molecule has 0 saturated heterocycles. The summed E-state index contributed by atoms with van der Waals surface area (Å²) in [5.74, 6) is 1.32. The highest BCUT2D eigenvalue weighted by atomic mass is 79.9. The average Bonchev–Trinajstić information content (AvgIpc) is 2.16. The Morgan fingerprint density at radius 3 is 2.69 bits per heavy atom. The van der Waals surface area contributed by atoms with Crippen LogP contribution in [0.25, 0.3) is 0 Å². The fraction of sp³-hybridized carbons (Fsp3) is 0.500. The van der Waals surface area contributed by atoms with Gasteiger partial charge in [0.05, 0.1) is 7.11 Å². The molecule has 1 aromatic heterocycles. The standard InChI is InChI=1S/C10H14BrNO/c1-7(8(2)11)9-6-12-5-4-10(9)13-3/h4-8H,1-3H3. The van der Waals surface area contributed by atoms with Crippen molar-refractivity contribution in [2.24, 2.45) is 0 Å². The first kappa shape index (κ1) is 10.5.